The quantitative estimate of drug-likeness (QED) is 0.671. The van der Waals surface area contributed by atoms with Gasteiger partial charge in [-0.3, -0.25) is 9.80 Å². The third-order valence-corrected chi connectivity index (χ3v) is 4.66. The monoisotopic (exact) mass is 316 g/mol. The molecule has 1 aliphatic heterocycles. The molecule has 0 aromatic heterocycles. The minimum Gasteiger partial charge on any atom is -0.395 e. The van der Waals surface area contributed by atoms with Crippen LogP contribution in [0.2, 0.25) is 0 Å². The van der Waals surface area contributed by atoms with Crippen LogP contribution in [0.5, 0.6) is 0 Å². The highest BCUT2D eigenvalue weighted by Crippen LogP contribution is 2.00. The van der Waals surface area contributed by atoms with E-state index < -0.39 is 0 Å². The lowest BCUT2D eigenvalue weighted by molar-refractivity contribution is 0.115. The Labute approximate surface area is 136 Å². The molecule has 0 unspecified atom stereocenters. The van der Waals surface area contributed by atoms with Crippen LogP contribution in [-0.4, -0.2) is 122 Å². The van der Waals surface area contributed by atoms with Gasteiger partial charge in [0.05, 0.1) is 13.2 Å². The van der Waals surface area contributed by atoms with E-state index in [2.05, 4.69) is 33.4 Å². The third-order valence-electron chi connectivity index (χ3n) is 4.66. The molecule has 0 aromatic carbocycles. The van der Waals surface area contributed by atoms with E-state index in [1.165, 1.54) is 0 Å². The van der Waals surface area contributed by atoms with Crippen molar-refractivity contribution in [2.24, 2.45) is 0 Å². The molecular weight excluding hydrogens is 280 g/mol. The van der Waals surface area contributed by atoms with Gasteiger partial charge in [-0.15, -0.1) is 0 Å². The zero-order chi connectivity index (χ0) is 16.2. The molecule has 132 valence electrons. The van der Waals surface area contributed by atoms with Gasteiger partial charge in [0.25, 0.3) is 0 Å². The molecule has 1 fully saturated rings. The summed E-state index contributed by atoms with van der Waals surface area (Å²) < 4.78 is 0. The number of hydrogen-bond acceptors (Lipinski definition) is 6. The summed E-state index contributed by atoms with van der Waals surface area (Å²) in [6.45, 7) is 16.8. The fourth-order valence-corrected chi connectivity index (χ4v) is 2.94. The lowest BCUT2D eigenvalue weighted by atomic mass is 10.3. The van der Waals surface area contributed by atoms with Gasteiger partial charge >= 0.3 is 0 Å². The van der Waals surface area contributed by atoms with Gasteiger partial charge in [-0.2, -0.15) is 0 Å². The van der Waals surface area contributed by atoms with Gasteiger partial charge in [0, 0.05) is 65.4 Å². The Hall–Kier alpha value is -0.240. The molecular formula is C16H36N4O2. The van der Waals surface area contributed by atoms with Crippen molar-refractivity contribution in [2.45, 2.75) is 13.8 Å². The first-order chi connectivity index (χ1) is 10.7. The molecule has 0 amide bonds. The van der Waals surface area contributed by atoms with Gasteiger partial charge < -0.3 is 20.0 Å². The number of nitrogens with zero attached hydrogens (tertiary/aromatic N) is 4. The van der Waals surface area contributed by atoms with Crippen LogP contribution in [0.4, 0.5) is 0 Å². The standard InChI is InChI=1S/C16H36N4O2/c1-3-17-5-6-18(4-2)8-10-20(14-16-22)12-11-19(9-7-17)13-15-21/h21-22H,3-16H2,1-2H3. The average Bonchev–Trinajstić information content (AvgIpc) is 2.53. The van der Waals surface area contributed by atoms with E-state index in [-0.39, 0.29) is 13.2 Å². The molecule has 6 nitrogen and oxygen atoms in total. The van der Waals surface area contributed by atoms with E-state index >= 15 is 0 Å². The van der Waals surface area contributed by atoms with E-state index in [1.54, 1.807) is 0 Å². The number of β-amino-alcohol motifs (C(OH)–C–C–N with tert-alkyl or cyclic N) is 2. The summed E-state index contributed by atoms with van der Waals surface area (Å²) in [6, 6.07) is 0. The number of aliphatic hydroxyl groups is 2. The van der Waals surface area contributed by atoms with Crippen LogP contribution in [0, 0.1) is 0 Å². The van der Waals surface area contributed by atoms with Crippen molar-refractivity contribution in [1.82, 2.24) is 19.6 Å². The summed E-state index contributed by atoms with van der Waals surface area (Å²) in [6.07, 6.45) is 0. The third kappa shape index (κ3) is 7.85. The molecule has 1 aliphatic rings. The van der Waals surface area contributed by atoms with Crippen LogP contribution in [-0.2, 0) is 0 Å². The maximum absolute atomic E-state index is 9.25. The van der Waals surface area contributed by atoms with Crippen LogP contribution in [0.25, 0.3) is 0 Å². The Kier molecular flexibility index (Phi) is 11.0. The maximum Gasteiger partial charge on any atom is 0.0558 e. The van der Waals surface area contributed by atoms with Crippen molar-refractivity contribution in [2.75, 3.05) is 91.8 Å². The fraction of sp³-hybridized carbons (Fsp3) is 1.00. The highest BCUT2D eigenvalue weighted by Gasteiger charge is 2.14. The predicted molar refractivity (Wildman–Crippen MR) is 91.3 cm³/mol. The van der Waals surface area contributed by atoms with Gasteiger partial charge in [0.2, 0.25) is 0 Å². The minimum atomic E-state index is 0.218. The largest absolute Gasteiger partial charge is 0.395 e. The van der Waals surface area contributed by atoms with Gasteiger partial charge in [-0.25, -0.2) is 0 Å². The highest BCUT2D eigenvalue weighted by atomic mass is 16.3. The highest BCUT2D eigenvalue weighted by molar-refractivity contribution is 4.70. The van der Waals surface area contributed by atoms with E-state index in [4.69, 9.17) is 0 Å². The molecule has 0 radical (unpaired) electrons. The zero-order valence-corrected chi connectivity index (χ0v) is 14.6. The Morgan fingerprint density at radius 1 is 0.545 bits per heavy atom. The second kappa shape index (κ2) is 12.2. The van der Waals surface area contributed by atoms with Crippen LogP contribution < -0.4 is 0 Å². The van der Waals surface area contributed by atoms with Crippen molar-refractivity contribution in [3.8, 4) is 0 Å². The van der Waals surface area contributed by atoms with Gasteiger partial charge in [0.15, 0.2) is 0 Å². The van der Waals surface area contributed by atoms with E-state index in [0.717, 1.165) is 78.5 Å². The lowest BCUT2D eigenvalue weighted by Gasteiger charge is -2.33. The molecule has 0 spiro atoms. The zero-order valence-electron chi connectivity index (χ0n) is 14.6. The molecule has 0 aliphatic carbocycles. The van der Waals surface area contributed by atoms with Crippen LogP contribution >= 0.6 is 0 Å². The summed E-state index contributed by atoms with van der Waals surface area (Å²) >= 11 is 0. The van der Waals surface area contributed by atoms with Gasteiger partial charge in [-0.05, 0) is 13.1 Å². The Balaban J connectivity index is 2.63. The normalized spacial score (nSPS) is 22.4. The van der Waals surface area contributed by atoms with Crippen LogP contribution in [0.15, 0.2) is 0 Å². The molecule has 1 saturated heterocycles. The number of aliphatic hydroxyl groups excluding tert-OH is 2. The average molecular weight is 316 g/mol. The molecule has 0 bridgehead atoms. The van der Waals surface area contributed by atoms with Crippen LogP contribution in [0.1, 0.15) is 13.8 Å². The van der Waals surface area contributed by atoms with E-state index in [9.17, 15) is 10.2 Å². The molecule has 2 N–H and O–H groups in total. The summed E-state index contributed by atoms with van der Waals surface area (Å²) in [5, 5.41) is 18.5. The van der Waals surface area contributed by atoms with Crippen LogP contribution in [0.3, 0.4) is 0 Å². The second-order valence-corrected chi connectivity index (χ2v) is 6.00. The molecule has 22 heavy (non-hydrogen) atoms. The number of rotatable bonds is 6. The smallest absolute Gasteiger partial charge is 0.0558 e. The molecule has 1 heterocycles. The van der Waals surface area contributed by atoms with Gasteiger partial charge in [-0.1, -0.05) is 13.8 Å². The first-order valence-corrected chi connectivity index (χ1v) is 8.84. The van der Waals surface area contributed by atoms with Crippen molar-refractivity contribution < 1.29 is 10.2 Å². The van der Waals surface area contributed by atoms with Crippen molar-refractivity contribution in [3.05, 3.63) is 0 Å². The molecule has 6 heteroatoms. The maximum atomic E-state index is 9.25. The fourth-order valence-electron chi connectivity index (χ4n) is 2.94. The van der Waals surface area contributed by atoms with Crippen molar-refractivity contribution >= 4 is 0 Å². The van der Waals surface area contributed by atoms with Crippen molar-refractivity contribution in [1.29, 1.82) is 0 Å². The Morgan fingerprint density at radius 3 is 1.05 bits per heavy atom. The molecule has 0 aromatic rings. The number of likely N-dealkylation sites (N-methyl/N-ethyl adjacent to an activating group) is 2. The molecule has 1 rings (SSSR count). The summed E-state index contributed by atoms with van der Waals surface area (Å²) in [7, 11) is 0. The minimum absolute atomic E-state index is 0.218. The second-order valence-electron chi connectivity index (χ2n) is 6.00. The predicted octanol–water partition coefficient (Wildman–Crippen LogP) is -0.768. The van der Waals surface area contributed by atoms with E-state index in [0.29, 0.717) is 0 Å². The SMILES string of the molecule is CCN1CCN(CC)CCN(CCO)CCN(CCO)CC1. The molecule has 0 atom stereocenters. The summed E-state index contributed by atoms with van der Waals surface area (Å²) in [4.78, 5) is 9.68. The molecule has 0 saturated carbocycles. The topological polar surface area (TPSA) is 53.4 Å². The Bertz CT molecular complexity index is 243. The number of hydrogen-bond donors (Lipinski definition) is 2. The first-order valence-electron chi connectivity index (χ1n) is 8.84. The summed E-state index contributed by atoms with van der Waals surface area (Å²) in [5.41, 5.74) is 0. The van der Waals surface area contributed by atoms with Gasteiger partial charge in [0.1, 0.15) is 0 Å². The van der Waals surface area contributed by atoms with Crippen molar-refractivity contribution in [3.63, 3.8) is 0 Å². The lowest BCUT2D eigenvalue weighted by Crippen LogP contribution is -2.46. The van der Waals surface area contributed by atoms with E-state index in [1.807, 2.05) is 0 Å². The Morgan fingerprint density at radius 2 is 0.818 bits per heavy atom. The summed E-state index contributed by atoms with van der Waals surface area (Å²) in [5.74, 6) is 0. The first kappa shape index (κ1) is 19.8.